The van der Waals surface area contributed by atoms with E-state index >= 15 is 0 Å². The third kappa shape index (κ3) is 3.53. The molecule has 1 aliphatic rings. The Morgan fingerprint density at radius 3 is 2.56 bits per heavy atom. The molecule has 0 aliphatic carbocycles. The molecule has 1 heterocycles. The minimum absolute atomic E-state index is 0.0746. The van der Waals surface area contributed by atoms with E-state index in [-0.39, 0.29) is 28.6 Å². The fourth-order valence-electron chi connectivity index (χ4n) is 2.94. The topological polar surface area (TPSA) is 122 Å². The molecule has 2 aromatic carbocycles. The van der Waals surface area contributed by atoms with Crippen LogP contribution in [-0.2, 0) is 10.0 Å². The van der Waals surface area contributed by atoms with Crippen molar-refractivity contribution in [1.29, 1.82) is 0 Å². The van der Waals surface area contributed by atoms with E-state index in [9.17, 15) is 17.6 Å². The Morgan fingerprint density at radius 2 is 1.96 bits per heavy atom. The van der Waals surface area contributed by atoms with Crippen molar-refractivity contribution in [3.05, 3.63) is 48.3 Å². The molecule has 144 valence electrons. The number of ether oxygens (including phenoxy) is 1. The summed E-state index contributed by atoms with van der Waals surface area (Å²) >= 11 is 0. The first-order chi connectivity index (χ1) is 12.7. The third-order valence-corrected chi connectivity index (χ3v) is 6.15. The molecule has 3 rings (SSSR count). The number of sulfonamides is 1. The van der Waals surface area contributed by atoms with Gasteiger partial charge in [-0.05, 0) is 49.4 Å². The monoisotopic (exact) mass is 395 g/mol. The lowest BCUT2D eigenvalue weighted by Crippen LogP contribution is -2.53. The number of hydrogen-bond acceptors (Lipinski definition) is 5. The lowest BCUT2D eigenvalue weighted by Gasteiger charge is -2.40. The summed E-state index contributed by atoms with van der Waals surface area (Å²) in [6.45, 7) is 1.71. The van der Waals surface area contributed by atoms with Gasteiger partial charge in [0.25, 0.3) is 10.0 Å². The molecule has 0 bridgehead atoms. The summed E-state index contributed by atoms with van der Waals surface area (Å²) in [7, 11) is -4.07. The normalized spacial score (nSPS) is 19.1. The van der Waals surface area contributed by atoms with Crippen LogP contribution in [0, 0.1) is 5.82 Å². The van der Waals surface area contributed by atoms with Gasteiger partial charge in [-0.1, -0.05) is 0 Å². The van der Waals surface area contributed by atoms with E-state index in [2.05, 4.69) is 5.32 Å². The number of anilines is 2. The predicted octanol–water partition coefficient (Wildman–Crippen LogP) is 2.22. The molecule has 0 fully saturated rings. The number of carboxylic acid groups (broad SMARTS) is 1. The molecule has 4 N–H and O–H groups in total. The van der Waals surface area contributed by atoms with Crippen LogP contribution in [0.1, 0.15) is 6.92 Å². The van der Waals surface area contributed by atoms with Crippen LogP contribution in [0.3, 0.4) is 0 Å². The zero-order valence-corrected chi connectivity index (χ0v) is 15.1. The Hall–Kier alpha value is -2.85. The highest BCUT2D eigenvalue weighted by Crippen LogP contribution is 2.41. The molecule has 27 heavy (non-hydrogen) atoms. The van der Waals surface area contributed by atoms with E-state index < -0.39 is 34.1 Å². The van der Waals surface area contributed by atoms with Crippen LogP contribution in [0.15, 0.2) is 47.4 Å². The second-order valence-corrected chi connectivity index (χ2v) is 7.81. The number of nitrogens with two attached hydrogens (primary N) is 1. The molecular weight excluding hydrogens is 377 g/mol. The van der Waals surface area contributed by atoms with Gasteiger partial charge in [0, 0.05) is 12.2 Å². The zero-order valence-electron chi connectivity index (χ0n) is 14.3. The smallest absolute Gasteiger partial charge is 0.409 e. The highest BCUT2D eigenvalue weighted by atomic mass is 32.2. The summed E-state index contributed by atoms with van der Waals surface area (Å²) in [5, 5.41) is 11.1. The van der Waals surface area contributed by atoms with Gasteiger partial charge in [-0.25, -0.2) is 17.6 Å². The SMILES string of the molecule is C[C@@H]1[C@@H](CN)Oc2ccc(NC(=O)O)cc2N1S(=O)(=O)c1ccc(F)cc1. The Labute approximate surface area is 155 Å². The number of amides is 1. The molecule has 1 amide bonds. The molecule has 0 spiro atoms. The van der Waals surface area contributed by atoms with Gasteiger partial charge in [-0.3, -0.25) is 9.62 Å². The van der Waals surface area contributed by atoms with Crippen molar-refractivity contribution in [3.8, 4) is 5.75 Å². The number of halogens is 1. The van der Waals surface area contributed by atoms with E-state index in [4.69, 9.17) is 15.6 Å². The first-order valence-corrected chi connectivity index (χ1v) is 9.49. The Balaban J connectivity index is 2.15. The fraction of sp³-hybridized carbons (Fsp3) is 0.235. The summed E-state index contributed by atoms with van der Waals surface area (Å²) in [4.78, 5) is 10.8. The third-order valence-electron chi connectivity index (χ3n) is 4.24. The van der Waals surface area contributed by atoms with Crippen LogP contribution in [0.5, 0.6) is 5.75 Å². The number of benzene rings is 2. The van der Waals surface area contributed by atoms with Crippen LogP contribution >= 0.6 is 0 Å². The lowest BCUT2D eigenvalue weighted by atomic mass is 10.1. The van der Waals surface area contributed by atoms with Crippen LogP contribution in [0.4, 0.5) is 20.6 Å². The van der Waals surface area contributed by atoms with Gasteiger partial charge in [0.1, 0.15) is 17.7 Å². The molecule has 0 aromatic heterocycles. The first-order valence-electron chi connectivity index (χ1n) is 8.04. The van der Waals surface area contributed by atoms with E-state index in [1.165, 1.54) is 30.3 Å². The van der Waals surface area contributed by atoms with Gasteiger partial charge in [-0.15, -0.1) is 0 Å². The van der Waals surface area contributed by atoms with Crippen molar-refractivity contribution in [2.75, 3.05) is 16.2 Å². The second kappa shape index (κ2) is 7.05. The minimum atomic E-state index is -4.07. The zero-order chi connectivity index (χ0) is 19.8. The molecule has 0 radical (unpaired) electrons. The summed E-state index contributed by atoms with van der Waals surface area (Å²) in [5.74, 6) is -0.303. The standard InChI is InChI=1S/C17H18FN3O5S/c1-10-16(9-19)26-15-7-4-12(20-17(22)23)8-14(15)21(10)27(24,25)13-5-2-11(18)3-6-13/h2-8,10,16,20H,9,19H2,1H3,(H,22,23)/t10-,16-/m1/s1. The molecule has 0 saturated carbocycles. The fourth-order valence-corrected chi connectivity index (χ4v) is 4.62. The van der Waals surface area contributed by atoms with Gasteiger partial charge >= 0.3 is 6.09 Å². The number of fused-ring (bicyclic) bond motifs is 1. The Morgan fingerprint density at radius 1 is 1.30 bits per heavy atom. The molecule has 1 aliphatic heterocycles. The average Bonchev–Trinajstić information content (AvgIpc) is 2.60. The average molecular weight is 395 g/mol. The van der Waals surface area contributed by atoms with Gasteiger partial charge in [0.2, 0.25) is 0 Å². The molecule has 10 heteroatoms. The Kier molecular flexibility index (Phi) is 4.94. The molecule has 0 unspecified atom stereocenters. The van der Waals surface area contributed by atoms with Gasteiger partial charge < -0.3 is 15.6 Å². The first kappa shape index (κ1) is 18.9. The minimum Gasteiger partial charge on any atom is -0.485 e. The van der Waals surface area contributed by atoms with Crippen molar-refractivity contribution in [3.63, 3.8) is 0 Å². The van der Waals surface area contributed by atoms with Crippen molar-refractivity contribution in [2.24, 2.45) is 5.73 Å². The van der Waals surface area contributed by atoms with Crippen LogP contribution in [0.2, 0.25) is 0 Å². The molecular formula is C17H18FN3O5S. The molecule has 8 nitrogen and oxygen atoms in total. The maximum Gasteiger partial charge on any atom is 0.409 e. The van der Waals surface area contributed by atoms with Crippen molar-refractivity contribution < 1.29 is 27.4 Å². The predicted molar refractivity (Wildman–Crippen MR) is 97.1 cm³/mol. The maximum atomic E-state index is 13.2. The lowest BCUT2D eigenvalue weighted by molar-refractivity contribution is 0.174. The summed E-state index contributed by atoms with van der Waals surface area (Å²) in [6.07, 6.45) is -1.89. The van der Waals surface area contributed by atoms with Crippen molar-refractivity contribution in [2.45, 2.75) is 24.0 Å². The number of hydrogen-bond donors (Lipinski definition) is 3. The number of nitrogens with one attached hydrogen (secondary N) is 1. The number of carbonyl (C=O) groups is 1. The highest BCUT2D eigenvalue weighted by molar-refractivity contribution is 7.92. The largest absolute Gasteiger partial charge is 0.485 e. The van der Waals surface area contributed by atoms with Crippen molar-refractivity contribution in [1.82, 2.24) is 0 Å². The molecule has 2 atom stereocenters. The van der Waals surface area contributed by atoms with E-state index in [1.54, 1.807) is 6.92 Å². The quantitative estimate of drug-likeness (QED) is 0.730. The van der Waals surface area contributed by atoms with Crippen molar-refractivity contribution >= 4 is 27.5 Å². The van der Waals surface area contributed by atoms with E-state index in [1.807, 2.05) is 0 Å². The van der Waals surface area contributed by atoms with Gasteiger partial charge in [-0.2, -0.15) is 0 Å². The Bertz CT molecular complexity index is 965. The second-order valence-electron chi connectivity index (χ2n) is 6.00. The number of rotatable bonds is 4. The van der Waals surface area contributed by atoms with Crippen LogP contribution in [0.25, 0.3) is 0 Å². The van der Waals surface area contributed by atoms with Gasteiger partial charge in [0.05, 0.1) is 16.6 Å². The maximum absolute atomic E-state index is 13.2. The summed E-state index contributed by atoms with van der Waals surface area (Å²) in [5.41, 5.74) is 6.08. The number of nitrogens with zero attached hydrogens (tertiary/aromatic N) is 1. The van der Waals surface area contributed by atoms with Crippen LogP contribution in [-0.4, -0.2) is 38.3 Å². The molecule has 2 aromatic rings. The molecule has 0 saturated heterocycles. The van der Waals surface area contributed by atoms with Gasteiger partial charge in [0.15, 0.2) is 0 Å². The summed E-state index contributed by atoms with van der Waals surface area (Å²) in [6, 6.07) is 8.09. The van der Waals surface area contributed by atoms with E-state index in [0.29, 0.717) is 0 Å². The highest BCUT2D eigenvalue weighted by Gasteiger charge is 2.40. The van der Waals surface area contributed by atoms with E-state index in [0.717, 1.165) is 16.4 Å². The summed E-state index contributed by atoms with van der Waals surface area (Å²) < 4.78 is 46.6. The van der Waals surface area contributed by atoms with Crippen LogP contribution < -0.4 is 20.1 Å².